The van der Waals surface area contributed by atoms with Crippen molar-refractivity contribution in [2.75, 3.05) is 25.5 Å². The highest BCUT2D eigenvalue weighted by Gasteiger charge is 2.30. The Bertz CT molecular complexity index is 1270. The summed E-state index contributed by atoms with van der Waals surface area (Å²) in [7, 11) is -2.25. The van der Waals surface area contributed by atoms with Gasteiger partial charge in [0.1, 0.15) is 22.2 Å². The van der Waals surface area contributed by atoms with Crippen molar-refractivity contribution in [3.63, 3.8) is 0 Å². The lowest BCUT2D eigenvalue weighted by molar-refractivity contribution is 0.102. The minimum absolute atomic E-state index is 0.0825. The SMILES string of the molecule is COc1cc(NC(=O)c2nc(-c3cccc(Cl)c3)[nH]c2C)ccc1S(=O)(=O)N1CCCC1. The fourth-order valence-electron chi connectivity index (χ4n) is 3.67. The summed E-state index contributed by atoms with van der Waals surface area (Å²) in [4.78, 5) is 20.4. The van der Waals surface area contributed by atoms with Gasteiger partial charge in [0.2, 0.25) is 10.0 Å². The fraction of sp³-hybridized carbons (Fsp3) is 0.273. The molecule has 1 saturated heterocycles. The summed E-state index contributed by atoms with van der Waals surface area (Å²) in [6.45, 7) is 2.75. The molecule has 1 aromatic heterocycles. The summed E-state index contributed by atoms with van der Waals surface area (Å²) >= 11 is 6.05. The van der Waals surface area contributed by atoms with Crippen LogP contribution in [0.1, 0.15) is 29.0 Å². The number of methoxy groups -OCH3 is 1. The van der Waals surface area contributed by atoms with Crippen LogP contribution in [0.2, 0.25) is 5.02 Å². The van der Waals surface area contributed by atoms with Crippen molar-refractivity contribution in [1.82, 2.24) is 14.3 Å². The first-order valence-corrected chi connectivity index (χ1v) is 11.9. The second kappa shape index (κ2) is 8.93. The molecule has 3 aromatic rings. The molecule has 0 aliphatic carbocycles. The Morgan fingerprint density at radius 3 is 2.62 bits per heavy atom. The van der Waals surface area contributed by atoms with Crippen molar-refractivity contribution in [3.05, 3.63) is 58.9 Å². The highest BCUT2D eigenvalue weighted by atomic mass is 35.5. The average Bonchev–Trinajstić information content (AvgIpc) is 3.44. The summed E-state index contributed by atoms with van der Waals surface area (Å²) in [5, 5.41) is 3.33. The number of anilines is 1. The maximum Gasteiger partial charge on any atom is 0.276 e. The third kappa shape index (κ3) is 4.36. The first-order chi connectivity index (χ1) is 15.3. The van der Waals surface area contributed by atoms with Gasteiger partial charge in [-0.2, -0.15) is 4.31 Å². The third-order valence-electron chi connectivity index (χ3n) is 5.30. The van der Waals surface area contributed by atoms with Gasteiger partial charge in [-0.15, -0.1) is 0 Å². The van der Waals surface area contributed by atoms with E-state index in [1.807, 2.05) is 6.07 Å². The first-order valence-electron chi connectivity index (χ1n) is 10.1. The number of aromatic nitrogens is 2. The first kappa shape index (κ1) is 22.3. The third-order valence-corrected chi connectivity index (χ3v) is 7.48. The molecule has 0 radical (unpaired) electrons. The number of H-pyrrole nitrogens is 1. The van der Waals surface area contributed by atoms with Crippen LogP contribution in [0.25, 0.3) is 11.4 Å². The number of carbonyl (C=O) groups excluding carboxylic acids is 1. The summed E-state index contributed by atoms with van der Waals surface area (Å²) in [5.41, 5.74) is 1.99. The summed E-state index contributed by atoms with van der Waals surface area (Å²) in [6.07, 6.45) is 1.69. The van der Waals surface area contributed by atoms with Crippen LogP contribution < -0.4 is 10.1 Å². The average molecular weight is 475 g/mol. The van der Waals surface area contributed by atoms with Crippen LogP contribution in [0.15, 0.2) is 47.4 Å². The van der Waals surface area contributed by atoms with Crippen LogP contribution >= 0.6 is 11.6 Å². The van der Waals surface area contributed by atoms with Gasteiger partial charge in [-0.3, -0.25) is 4.79 Å². The van der Waals surface area contributed by atoms with E-state index < -0.39 is 15.9 Å². The molecule has 10 heteroatoms. The fourth-order valence-corrected chi connectivity index (χ4v) is 5.51. The number of halogens is 1. The minimum atomic E-state index is -3.65. The number of hydrogen-bond acceptors (Lipinski definition) is 5. The van der Waals surface area contributed by atoms with Gasteiger partial charge in [0.15, 0.2) is 0 Å². The van der Waals surface area contributed by atoms with Gasteiger partial charge < -0.3 is 15.0 Å². The van der Waals surface area contributed by atoms with Crippen molar-refractivity contribution < 1.29 is 17.9 Å². The number of nitrogens with one attached hydrogen (secondary N) is 2. The van der Waals surface area contributed by atoms with Gasteiger partial charge in [0, 0.05) is 41.1 Å². The smallest absolute Gasteiger partial charge is 0.276 e. The van der Waals surface area contributed by atoms with Crippen molar-refractivity contribution in [3.8, 4) is 17.1 Å². The number of aryl methyl sites for hydroxylation is 1. The topological polar surface area (TPSA) is 104 Å². The molecule has 2 aromatic carbocycles. The Morgan fingerprint density at radius 2 is 1.94 bits per heavy atom. The molecule has 0 saturated carbocycles. The van der Waals surface area contributed by atoms with Gasteiger partial charge >= 0.3 is 0 Å². The van der Waals surface area contributed by atoms with E-state index >= 15 is 0 Å². The van der Waals surface area contributed by atoms with Gasteiger partial charge in [0.05, 0.1) is 7.11 Å². The molecule has 0 spiro atoms. The molecule has 4 rings (SSSR count). The quantitative estimate of drug-likeness (QED) is 0.560. The van der Waals surface area contributed by atoms with E-state index in [-0.39, 0.29) is 16.3 Å². The van der Waals surface area contributed by atoms with Crippen LogP contribution in [-0.4, -0.2) is 48.8 Å². The van der Waals surface area contributed by atoms with Gasteiger partial charge in [0.25, 0.3) is 5.91 Å². The molecule has 1 fully saturated rings. The van der Waals surface area contributed by atoms with E-state index in [4.69, 9.17) is 16.3 Å². The van der Waals surface area contributed by atoms with Gasteiger partial charge in [-0.05, 0) is 44.0 Å². The number of nitrogens with zero attached hydrogens (tertiary/aromatic N) is 2. The molecular weight excluding hydrogens is 452 g/mol. The molecule has 0 unspecified atom stereocenters. The lowest BCUT2D eigenvalue weighted by Crippen LogP contribution is -2.28. The van der Waals surface area contributed by atoms with E-state index in [0.29, 0.717) is 35.3 Å². The number of rotatable bonds is 6. The predicted octanol–water partition coefficient (Wildman–Crippen LogP) is 4.08. The highest BCUT2D eigenvalue weighted by Crippen LogP contribution is 2.31. The number of benzene rings is 2. The monoisotopic (exact) mass is 474 g/mol. The zero-order chi connectivity index (χ0) is 22.9. The molecule has 1 amide bonds. The van der Waals surface area contributed by atoms with Crippen molar-refractivity contribution >= 4 is 33.2 Å². The number of aromatic amines is 1. The second-order valence-corrected chi connectivity index (χ2v) is 9.84. The number of imidazole rings is 1. The molecule has 0 bridgehead atoms. The Kier molecular flexibility index (Phi) is 6.23. The number of carbonyl (C=O) groups is 1. The van der Waals surface area contributed by atoms with E-state index in [9.17, 15) is 13.2 Å². The highest BCUT2D eigenvalue weighted by molar-refractivity contribution is 7.89. The second-order valence-electron chi connectivity index (χ2n) is 7.50. The zero-order valence-corrected chi connectivity index (χ0v) is 19.3. The standard InChI is InChI=1S/C22H23ClN4O4S/c1-14-20(26-21(24-14)15-6-5-7-16(23)12-15)22(28)25-17-8-9-19(18(13-17)31-2)32(29,30)27-10-3-4-11-27/h5-9,12-13H,3-4,10-11H2,1-2H3,(H,24,26)(H,25,28). The Hall–Kier alpha value is -2.88. The summed E-state index contributed by atoms with van der Waals surface area (Å²) in [5.74, 6) is 0.275. The molecule has 1 aliphatic heterocycles. The van der Waals surface area contributed by atoms with E-state index in [1.165, 1.54) is 23.5 Å². The van der Waals surface area contributed by atoms with E-state index in [0.717, 1.165) is 18.4 Å². The number of hydrogen-bond donors (Lipinski definition) is 2. The minimum Gasteiger partial charge on any atom is -0.495 e. The summed E-state index contributed by atoms with van der Waals surface area (Å²) < 4.78 is 32.6. The molecule has 32 heavy (non-hydrogen) atoms. The zero-order valence-electron chi connectivity index (χ0n) is 17.7. The van der Waals surface area contributed by atoms with Gasteiger partial charge in [-0.1, -0.05) is 23.7 Å². The molecule has 8 nitrogen and oxygen atoms in total. The molecule has 2 N–H and O–H groups in total. The maximum atomic E-state index is 12.9. The molecular formula is C22H23ClN4O4S. The molecule has 1 aliphatic rings. The Morgan fingerprint density at radius 1 is 1.19 bits per heavy atom. The van der Waals surface area contributed by atoms with Gasteiger partial charge in [-0.25, -0.2) is 13.4 Å². The van der Waals surface area contributed by atoms with Crippen LogP contribution in [0.5, 0.6) is 5.75 Å². The largest absolute Gasteiger partial charge is 0.495 e. The van der Waals surface area contributed by atoms with Crippen molar-refractivity contribution in [1.29, 1.82) is 0 Å². The van der Waals surface area contributed by atoms with Crippen LogP contribution in [0.3, 0.4) is 0 Å². The number of amides is 1. The number of sulfonamides is 1. The maximum absolute atomic E-state index is 12.9. The molecule has 2 heterocycles. The van der Waals surface area contributed by atoms with Crippen molar-refractivity contribution in [2.45, 2.75) is 24.7 Å². The number of ether oxygens (including phenoxy) is 1. The van der Waals surface area contributed by atoms with Crippen molar-refractivity contribution in [2.24, 2.45) is 0 Å². The van der Waals surface area contributed by atoms with E-state index in [2.05, 4.69) is 15.3 Å². The normalized spacial score (nSPS) is 14.5. The van der Waals surface area contributed by atoms with Crippen LogP contribution in [0.4, 0.5) is 5.69 Å². The lowest BCUT2D eigenvalue weighted by atomic mass is 10.2. The predicted molar refractivity (Wildman–Crippen MR) is 123 cm³/mol. The Balaban J connectivity index is 1.58. The molecule has 0 atom stereocenters. The van der Waals surface area contributed by atoms with E-state index in [1.54, 1.807) is 31.2 Å². The summed E-state index contributed by atoms with van der Waals surface area (Å²) in [6, 6.07) is 11.7. The lowest BCUT2D eigenvalue weighted by Gasteiger charge is -2.18. The van der Waals surface area contributed by atoms with Crippen LogP contribution in [0, 0.1) is 6.92 Å². The van der Waals surface area contributed by atoms with Crippen LogP contribution in [-0.2, 0) is 10.0 Å². The Labute approximate surface area is 191 Å². The molecule has 168 valence electrons.